The fraction of sp³-hybridized carbons (Fsp3) is 0.250. The number of hydrogen-bond donors (Lipinski definition) is 3. The van der Waals surface area contributed by atoms with Crippen LogP contribution < -0.4 is 15.5 Å². The highest BCUT2D eigenvalue weighted by molar-refractivity contribution is 6.09. The van der Waals surface area contributed by atoms with Crippen molar-refractivity contribution >= 4 is 17.5 Å². The third-order valence-corrected chi connectivity index (χ3v) is 5.29. The van der Waals surface area contributed by atoms with Gasteiger partial charge in [-0.05, 0) is 36.4 Å². The van der Waals surface area contributed by atoms with Crippen molar-refractivity contribution in [3.8, 4) is 0 Å². The Hall–Kier alpha value is -3.42. The first-order valence-corrected chi connectivity index (χ1v) is 10.4. The number of furan rings is 1. The Balaban J connectivity index is 1.38. The zero-order valence-electron chi connectivity index (χ0n) is 17.2. The van der Waals surface area contributed by atoms with Crippen LogP contribution in [0.2, 0.25) is 0 Å². The molecule has 3 aromatic rings. The number of para-hydroxylation sites is 1. The topological polar surface area (TPSA) is 85.0 Å². The van der Waals surface area contributed by atoms with Crippen molar-refractivity contribution in [2.45, 2.75) is 13.1 Å². The Morgan fingerprint density at radius 1 is 0.903 bits per heavy atom. The lowest BCUT2D eigenvalue weighted by molar-refractivity contribution is -0.921. The number of amides is 2. The summed E-state index contributed by atoms with van der Waals surface area (Å²) >= 11 is 0. The van der Waals surface area contributed by atoms with E-state index in [1.54, 1.807) is 42.7 Å². The highest BCUT2D eigenvalue weighted by Gasteiger charge is 2.16. The third-order valence-electron chi connectivity index (χ3n) is 5.29. The number of anilines is 1. The minimum atomic E-state index is -0.281. The van der Waals surface area contributed by atoms with Crippen LogP contribution in [0.15, 0.2) is 71.3 Å². The molecule has 1 fully saturated rings. The molecule has 160 valence electrons. The van der Waals surface area contributed by atoms with Gasteiger partial charge in [0.2, 0.25) is 0 Å². The van der Waals surface area contributed by atoms with Gasteiger partial charge in [0.05, 0.1) is 37.3 Å². The fourth-order valence-corrected chi connectivity index (χ4v) is 3.56. The lowest BCUT2D eigenvalue weighted by Crippen LogP contribution is -3.12. The van der Waals surface area contributed by atoms with Crippen LogP contribution in [-0.2, 0) is 17.8 Å². The van der Waals surface area contributed by atoms with Gasteiger partial charge in [-0.2, -0.15) is 0 Å². The molecular formula is C24H26N3O4+. The maximum absolute atomic E-state index is 12.8. The van der Waals surface area contributed by atoms with Gasteiger partial charge in [-0.1, -0.05) is 24.3 Å². The van der Waals surface area contributed by atoms with Crippen molar-refractivity contribution in [3.63, 3.8) is 0 Å². The molecule has 2 heterocycles. The van der Waals surface area contributed by atoms with Gasteiger partial charge in [-0.15, -0.1) is 0 Å². The summed E-state index contributed by atoms with van der Waals surface area (Å²) in [7, 11) is 0. The highest BCUT2D eigenvalue weighted by atomic mass is 16.5. The molecule has 0 saturated carbocycles. The van der Waals surface area contributed by atoms with Crippen LogP contribution in [0.5, 0.6) is 0 Å². The zero-order valence-corrected chi connectivity index (χ0v) is 17.2. The van der Waals surface area contributed by atoms with E-state index in [-0.39, 0.29) is 18.4 Å². The molecule has 1 aliphatic heterocycles. The van der Waals surface area contributed by atoms with E-state index in [0.29, 0.717) is 22.6 Å². The molecule has 7 nitrogen and oxygen atoms in total. The maximum Gasteiger partial charge on any atom is 0.255 e. The van der Waals surface area contributed by atoms with Crippen molar-refractivity contribution in [3.05, 3.63) is 89.4 Å². The SMILES string of the molecule is O=C(Nc1ccccc1C(=O)NCc1ccco1)c1ccc(C[NH+]2CCOCC2)cc1. The summed E-state index contributed by atoms with van der Waals surface area (Å²) in [5.41, 5.74) is 2.60. The van der Waals surface area contributed by atoms with Gasteiger partial charge in [0, 0.05) is 11.1 Å². The Morgan fingerprint density at radius 2 is 1.68 bits per heavy atom. The number of hydrogen-bond acceptors (Lipinski definition) is 4. The number of quaternary nitrogens is 1. The number of carbonyl (C=O) groups is 2. The Bertz CT molecular complexity index is 1010. The first-order chi connectivity index (χ1) is 15.2. The van der Waals surface area contributed by atoms with Gasteiger partial charge in [0.1, 0.15) is 25.4 Å². The summed E-state index contributed by atoms with van der Waals surface area (Å²) < 4.78 is 10.6. The Labute approximate surface area is 181 Å². The number of benzene rings is 2. The summed E-state index contributed by atoms with van der Waals surface area (Å²) in [4.78, 5) is 26.8. The first-order valence-electron chi connectivity index (χ1n) is 10.4. The highest BCUT2D eigenvalue weighted by Crippen LogP contribution is 2.17. The largest absolute Gasteiger partial charge is 0.467 e. The van der Waals surface area contributed by atoms with E-state index in [1.165, 1.54) is 10.5 Å². The predicted molar refractivity (Wildman–Crippen MR) is 116 cm³/mol. The molecule has 0 atom stereocenters. The van der Waals surface area contributed by atoms with Gasteiger partial charge in [0.25, 0.3) is 11.8 Å². The summed E-state index contributed by atoms with van der Waals surface area (Å²) in [6.07, 6.45) is 1.56. The van der Waals surface area contributed by atoms with Crippen molar-refractivity contribution in [1.29, 1.82) is 0 Å². The molecule has 7 heteroatoms. The van der Waals surface area contributed by atoms with E-state index < -0.39 is 0 Å². The minimum Gasteiger partial charge on any atom is -0.467 e. The molecule has 2 aromatic carbocycles. The predicted octanol–water partition coefficient (Wildman–Crippen LogP) is 1.88. The average Bonchev–Trinajstić information content (AvgIpc) is 3.33. The molecule has 1 saturated heterocycles. The lowest BCUT2D eigenvalue weighted by atomic mass is 10.1. The van der Waals surface area contributed by atoms with E-state index >= 15 is 0 Å². The monoisotopic (exact) mass is 420 g/mol. The normalized spacial score (nSPS) is 14.2. The number of carbonyl (C=O) groups excluding carboxylic acids is 2. The van der Waals surface area contributed by atoms with E-state index in [0.717, 1.165) is 32.8 Å². The van der Waals surface area contributed by atoms with Crippen molar-refractivity contribution < 1.29 is 23.6 Å². The number of morpholine rings is 1. The molecule has 31 heavy (non-hydrogen) atoms. The van der Waals surface area contributed by atoms with Crippen LogP contribution in [0.3, 0.4) is 0 Å². The quantitative estimate of drug-likeness (QED) is 0.545. The standard InChI is InChI=1S/C24H25N3O4/c28-23(19-9-7-18(8-10-19)17-27-11-14-30-15-12-27)26-22-6-2-1-5-21(22)24(29)25-16-20-4-3-13-31-20/h1-10,13H,11-12,14-17H2,(H,25,29)(H,26,28)/p+1. The smallest absolute Gasteiger partial charge is 0.255 e. The van der Waals surface area contributed by atoms with Gasteiger partial charge in [-0.25, -0.2) is 0 Å². The second kappa shape index (κ2) is 10.1. The fourth-order valence-electron chi connectivity index (χ4n) is 3.56. The summed E-state index contributed by atoms with van der Waals surface area (Å²) in [6, 6.07) is 18.1. The molecule has 0 aliphatic carbocycles. The summed E-state index contributed by atoms with van der Waals surface area (Å²) in [5.74, 6) is 0.126. The summed E-state index contributed by atoms with van der Waals surface area (Å²) in [5, 5.41) is 5.66. The molecule has 0 unspecified atom stereocenters. The number of ether oxygens (including phenoxy) is 1. The van der Waals surface area contributed by atoms with Crippen LogP contribution in [0, 0.1) is 0 Å². The van der Waals surface area contributed by atoms with Crippen LogP contribution in [0.25, 0.3) is 0 Å². The van der Waals surface area contributed by atoms with Gasteiger partial charge in [0.15, 0.2) is 0 Å². The minimum absolute atomic E-state index is 0.253. The Kier molecular flexibility index (Phi) is 6.76. The van der Waals surface area contributed by atoms with Gasteiger partial charge >= 0.3 is 0 Å². The lowest BCUT2D eigenvalue weighted by Gasteiger charge is -2.23. The molecule has 1 aromatic heterocycles. The van der Waals surface area contributed by atoms with Crippen LogP contribution in [0.1, 0.15) is 32.0 Å². The van der Waals surface area contributed by atoms with Crippen molar-refractivity contribution in [2.75, 3.05) is 31.6 Å². The number of rotatable bonds is 7. The average molecular weight is 420 g/mol. The first kappa shape index (κ1) is 20.8. The van der Waals surface area contributed by atoms with E-state index in [9.17, 15) is 9.59 Å². The molecule has 0 bridgehead atoms. The van der Waals surface area contributed by atoms with Crippen LogP contribution in [0.4, 0.5) is 5.69 Å². The second-order valence-electron chi connectivity index (χ2n) is 7.50. The molecular weight excluding hydrogens is 394 g/mol. The maximum atomic E-state index is 12.8. The number of nitrogens with one attached hydrogen (secondary N) is 3. The third kappa shape index (κ3) is 5.59. The van der Waals surface area contributed by atoms with Crippen LogP contribution >= 0.6 is 0 Å². The van der Waals surface area contributed by atoms with Crippen molar-refractivity contribution in [1.82, 2.24) is 5.32 Å². The van der Waals surface area contributed by atoms with Crippen molar-refractivity contribution in [2.24, 2.45) is 0 Å². The molecule has 0 spiro atoms. The Morgan fingerprint density at radius 3 is 2.42 bits per heavy atom. The van der Waals surface area contributed by atoms with Gasteiger partial charge in [-0.3, -0.25) is 9.59 Å². The molecule has 4 rings (SSSR count). The molecule has 0 radical (unpaired) electrons. The van der Waals surface area contributed by atoms with Crippen LogP contribution in [-0.4, -0.2) is 38.1 Å². The molecule has 3 N–H and O–H groups in total. The van der Waals surface area contributed by atoms with E-state index in [4.69, 9.17) is 9.15 Å². The molecule has 2 amide bonds. The summed E-state index contributed by atoms with van der Waals surface area (Å²) in [6.45, 7) is 4.79. The van der Waals surface area contributed by atoms with E-state index in [1.807, 2.05) is 24.3 Å². The van der Waals surface area contributed by atoms with Gasteiger partial charge < -0.3 is 24.7 Å². The van der Waals surface area contributed by atoms with E-state index in [2.05, 4.69) is 10.6 Å². The zero-order chi connectivity index (χ0) is 21.5. The molecule has 1 aliphatic rings. The second-order valence-corrected chi connectivity index (χ2v) is 7.50.